The van der Waals surface area contributed by atoms with Crippen molar-refractivity contribution in [2.45, 2.75) is 13.5 Å². The first-order valence-electron chi connectivity index (χ1n) is 8.92. The second-order valence-corrected chi connectivity index (χ2v) is 7.96. The van der Waals surface area contributed by atoms with Crippen LogP contribution in [0.25, 0.3) is 0 Å². The Morgan fingerprint density at radius 2 is 1.93 bits per heavy atom. The van der Waals surface area contributed by atoms with Crippen molar-refractivity contribution >= 4 is 51.8 Å². The van der Waals surface area contributed by atoms with Crippen molar-refractivity contribution in [1.29, 1.82) is 0 Å². The highest BCUT2D eigenvalue weighted by molar-refractivity contribution is 14.1. The molecule has 0 spiro atoms. The van der Waals surface area contributed by atoms with Gasteiger partial charge < -0.3 is 9.47 Å². The van der Waals surface area contributed by atoms with E-state index in [0.717, 1.165) is 25.9 Å². The molecule has 0 heterocycles. The molecule has 0 saturated carbocycles. The fraction of sp³-hybridized carbons (Fsp3) is 0.136. The lowest BCUT2D eigenvalue weighted by Crippen LogP contribution is -2.01. The number of benzene rings is 3. The van der Waals surface area contributed by atoms with E-state index in [1.807, 2.05) is 37.3 Å². The summed E-state index contributed by atoms with van der Waals surface area (Å²) in [6.45, 7) is 2.19. The van der Waals surface area contributed by atoms with Crippen molar-refractivity contribution in [2.75, 3.05) is 7.11 Å². The maximum atomic E-state index is 10.8. The topological polar surface area (TPSA) is 74.0 Å². The zero-order chi connectivity index (χ0) is 21.7. The Morgan fingerprint density at radius 3 is 2.60 bits per heavy atom. The summed E-state index contributed by atoms with van der Waals surface area (Å²) in [7, 11) is 1.58. The van der Waals surface area contributed by atoms with Crippen LogP contribution in [0, 0.1) is 20.6 Å². The molecule has 0 fully saturated rings. The molecule has 0 amide bonds. The van der Waals surface area contributed by atoms with Crippen LogP contribution in [0.15, 0.2) is 59.6 Å². The molecule has 0 saturated heterocycles. The van der Waals surface area contributed by atoms with Gasteiger partial charge in [-0.05, 0) is 82.6 Å². The molecular weight excluding hydrogens is 519 g/mol. The summed E-state index contributed by atoms with van der Waals surface area (Å²) in [5.74, 6) is 1.18. The monoisotopic (exact) mass is 536 g/mol. The molecule has 0 radical (unpaired) electrons. The number of hydrogen-bond donors (Lipinski definition) is 0. The first-order valence-corrected chi connectivity index (χ1v) is 10.4. The van der Waals surface area contributed by atoms with Gasteiger partial charge in [0, 0.05) is 23.4 Å². The van der Waals surface area contributed by atoms with Gasteiger partial charge in [-0.25, -0.2) is 0 Å². The SMILES string of the molecule is COc1cc(C=Nc2cccc(Cl)c2C)cc(I)c1OCc1ccc([N+](=O)[O-])cc1. The van der Waals surface area contributed by atoms with Gasteiger partial charge >= 0.3 is 0 Å². The van der Waals surface area contributed by atoms with Crippen LogP contribution in [0.3, 0.4) is 0 Å². The normalized spacial score (nSPS) is 10.9. The number of non-ortho nitro benzene ring substituents is 1. The maximum absolute atomic E-state index is 10.8. The number of halogens is 2. The zero-order valence-electron chi connectivity index (χ0n) is 16.3. The van der Waals surface area contributed by atoms with Crippen molar-refractivity contribution in [2.24, 2.45) is 4.99 Å². The van der Waals surface area contributed by atoms with E-state index >= 15 is 0 Å². The van der Waals surface area contributed by atoms with Crippen molar-refractivity contribution in [3.05, 3.63) is 90.0 Å². The number of nitro groups is 1. The number of nitro benzene ring substituents is 1. The van der Waals surface area contributed by atoms with E-state index in [0.29, 0.717) is 16.5 Å². The van der Waals surface area contributed by atoms with E-state index < -0.39 is 4.92 Å². The molecule has 0 bridgehead atoms. The van der Waals surface area contributed by atoms with Crippen molar-refractivity contribution in [3.63, 3.8) is 0 Å². The number of ether oxygens (including phenoxy) is 2. The number of hydrogen-bond acceptors (Lipinski definition) is 5. The summed E-state index contributed by atoms with van der Waals surface area (Å²) < 4.78 is 12.3. The van der Waals surface area contributed by atoms with Crippen LogP contribution < -0.4 is 9.47 Å². The van der Waals surface area contributed by atoms with Crippen LogP contribution in [0.1, 0.15) is 16.7 Å². The molecule has 3 aromatic rings. The summed E-state index contributed by atoms with van der Waals surface area (Å²) in [4.78, 5) is 14.9. The highest BCUT2D eigenvalue weighted by Crippen LogP contribution is 2.34. The molecule has 0 aliphatic rings. The van der Waals surface area contributed by atoms with Gasteiger partial charge in [-0.2, -0.15) is 0 Å². The standard InChI is InChI=1S/C22H18ClIN2O4/c1-14-18(23)4-3-5-20(14)25-12-16-10-19(24)22(21(11-16)29-2)30-13-15-6-8-17(9-7-15)26(27)28/h3-12H,13H2,1-2H3. The number of nitrogens with zero attached hydrogens (tertiary/aromatic N) is 2. The predicted molar refractivity (Wildman–Crippen MR) is 127 cm³/mol. The molecule has 0 unspecified atom stereocenters. The fourth-order valence-corrected chi connectivity index (χ4v) is 3.65. The molecule has 8 heteroatoms. The first kappa shape index (κ1) is 22.0. The Labute approximate surface area is 192 Å². The van der Waals surface area contributed by atoms with Gasteiger partial charge in [0.05, 0.1) is 21.3 Å². The first-order chi connectivity index (χ1) is 14.4. The lowest BCUT2D eigenvalue weighted by atomic mass is 10.2. The van der Waals surface area contributed by atoms with Crippen molar-refractivity contribution < 1.29 is 14.4 Å². The molecule has 0 aliphatic heterocycles. The van der Waals surface area contributed by atoms with Gasteiger partial charge in [-0.3, -0.25) is 15.1 Å². The number of methoxy groups -OCH3 is 1. The lowest BCUT2D eigenvalue weighted by Gasteiger charge is -2.13. The second kappa shape index (κ2) is 9.90. The average molecular weight is 537 g/mol. The van der Waals surface area contributed by atoms with Gasteiger partial charge in [0.2, 0.25) is 0 Å². The minimum Gasteiger partial charge on any atom is -0.493 e. The third-order valence-corrected chi connectivity index (χ3v) is 5.58. The van der Waals surface area contributed by atoms with Crippen LogP contribution in [0.4, 0.5) is 11.4 Å². The van der Waals surface area contributed by atoms with Crippen LogP contribution in [-0.4, -0.2) is 18.2 Å². The Hall–Kier alpha value is -2.65. The maximum Gasteiger partial charge on any atom is 0.269 e. The molecule has 0 aliphatic carbocycles. The summed E-state index contributed by atoms with van der Waals surface area (Å²) in [5, 5.41) is 11.4. The third kappa shape index (κ3) is 5.28. The van der Waals surface area contributed by atoms with Crippen LogP contribution in [0.2, 0.25) is 5.02 Å². The summed E-state index contributed by atoms with van der Waals surface area (Å²) in [6.07, 6.45) is 1.75. The Morgan fingerprint density at radius 1 is 1.20 bits per heavy atom. The van der Waals surface area contributed by atoms with Gasteiger partial charge in [0.1, 0.15) is 6.61 Å². The Balaban J connectivity index is 1.79. The highest BCUT2D eigenvalue weighted by atomic mass is 127. The molecule has 3 rings (SSSR count). The molecule has 0 atom stereocenters. The van der Waals surface area contributed by atoms with Gasteiger partial charge in [0.25, 0.3) is 5.69 Å². The van der Waals surface area contributed by atoms with Crippen LogP contribution in [0.5, 0.6) is 11.5 Å². The number of aliphatic imine (C=N–C) groups is 1. The molecule has 6 nitrogen and oxygen atoms in total. The van der Waals surface area contributed by atoms with Crippen LogP contribution >= 0.6 is 34.2 Å². The highest BCUT2D eigenvalue weighted by Gasteiger charge is 2.12. The zero-order valence-corrected chi connectivity index (χ0v) is 19.2. The second-order valence-electron chi connectivity index (χ2n) is 6.39. The molecule has 30 heavy (non-hydrogen) atoms. The molecule has 3 aromatic carbocycles. The van der Waals surface area contributed by atoms with Gasteiger partial charge in [-0.1, -0.05) is 17.7 Å². The van der Waals surface area contributed by atoms with Crippen molar-refractivity contribution in [1.82, 2.24) is 0 Å². The number of rotatable bonds is 7. The minimum absolute atomic E-state index is 0.0458. The fourth-order valence-electron chi connectivity index (χ4n) is 2.70. The van der Waals surface area contributed by atoms with E-state index in [-0.39, 0.29) is 12.3 Å². The molecule has 0 N–H and O–H groups in total. The Kier molecular flexibility index (Phi) is 7.28. The third-order valence-electron chi connectivity index (χ3n) is 4.37. The van der Waals surface area contributed by atoms with E-state index in [1.54, 1.807) is 25.5 Å². The summed E-state index contributed by atoms with van der Waals surface area (Å²) in [5.41, 5.74) is 3.44. The quantitative estimate of drug-likeness (QED) is 0.150. The van der Waals surface area contributed by atoms with Gasteiger partial charge in [-0.15, -0.1) is 0 Å². The molecule has 0 aromatic heterocycles. The van der Waals surface area contributed by atoms with E-state index in [4.69, 9.17) is 21.1 Å². The molecule has 154 valence electrons. The van der Waals surface area contributed by atoms with Crippen molar-refractivity contribution in [3.8, 4) is 11.5 Å². The van der Waals surface area contributed by atoms with E-state index in [2.05, 4.69) is 27.6 Å². The molecular formula is C22H18ClIN2O4. The van der Waals surface area contributed by atoms with Crippen LogP contribution in [-0.2, 0) is 6.61 Å². The van der Waals surface area contributed by atoms with E-state index in [9.17, 15) is 10.1 Å². The summed E-state index contributed by atoms with van der Waals surface area (Å²) >= 11 is 8.33. The Bertz CT molecular complexity index is 1100. The van der Waals surface area contributed by atoms with E-state index in [1.165, 1.54) is 12.1 Å². The largest absolute Gasteiger partial charge is 0.493 e. The average Bonchev–Trinajstić information content (AvgIpc) is 2.74. The van der Waals surface area contributed by atoms with Gasteiger partial charge in [0.15, 0.2) is 11.5 Å². The predicted octanol–water partition coefficient (Wildman–Crippen LogP) is 6.50. The lowest BCUT2D eigenvalue weighted by molar-refractivity contribution is -0.384. The minimum atomic E-state index is -0.429. The summed E-state index contributed by atoms with van der Waals surface area (Å²) in [6, 6.07) is 15.6. The smallest absolute Gasteiger partial charge is 0.269 e.